The van der Waals surface area contributed by atoms with Crippen molar-refractivity contribution in [1.29, 1.82) is 0 Å². The normalized spacial score (nSPS) is 18.9. The highest BCUT2D eigenvalue weighted by Crippen LogP contribution is 2.17. The molecule has 1 N–H and O–H groups in total. The Morgan fingerprint density at radius 1 is 1.32 bits per heavy atom. The standard InChI is InChI=1S/C15H22N2O2/c1-4-19-17(14-5-6-16-15(14)18)10-13-8-11(2)7-12(3)9-13/h7-9,14H,4-6,10H2,1-3H3,(H,16,18). The van der Waals surface area contributed by atoms with Crippen LogP contribution >= 0.6 is 0 Å². The molecule has 1 aromatic carbocycles. The van der Waals surface area contributed by atoms with Gasteiger partial charge in [0.05, 0.1) is 13.2 Å². The van der Waals surface area contributed by atoms with Crippen molar-refractivity contribution in [2.45, 2.75) is 39.8 Å². The van der Waals surface area contributed by atoms with Crippen LogP contribution in [-0.2, 0) is 16.2 Å². The maximum Gasteiger partial charge on any atom is 0.239 e. The van der Waals surface area contributed by atoms with Gasteiger partial charge in [0.25, 0.3) is 0 Å². The van der Waals surface area contributed by atoms with Crippen molar-refractivity contribution in [3.05, 3.63) is 34.9 Å². The summed E-state index contributed by atoms with van der Waals surface area (Å²) in [6.45, 7) is 8.08. The molecule has 4 heteroatoms. The summed E-state index contributed by atoms with van der Waals surface area (Å²) in [5.74, 6) is 0.0674. The average Bonchev–Trinajstić information content (AvgIpc) is 2.73. The smallest absolute Gasteiger partial charge is 0.239 e. The summed E-state index contributed by atoms with van der Waals surface area (Å²) in [5, 5.41) is 4.67. The third-order valence-corrected chi connectivity index (χ3v) is 3.28. The van der Waals surface area contributed by atoms with E-state index in [2.05, 4.69) is 37.4 Å². The summed E-state index contributed by atoms with van der Waals surface area (Å²) in [5.41, 5.74) is 3.66. The fourth-order valence-corrected chi connectivity index (χ4v) is 2.61. The summed E-state index contributed by atoms with van der Waals surface area (Å²) < 4.78 is 0. The van der Waals surface area contributed by atoms with Crippen LogP contribution in [0.4, 0.5) is 0 Å². The quantitative estimate of drug-likeness (QED) is 0.825. The molecule has 1 unspecified atom stereocenters. The number of amides is 1. The van der Waals surface area contributed by atoms with E-state index in [0.717, 1.165) is 13.0 Å². The molecule has 1 amide bonds. The first-order valence-corrected chi connectivity index (χ1v) is 6.84. The molecule has 0 aliphatic carbocycles. The van der Waals surface area contributed by atoms with E-state index in [1.165, 1.54) is 16.7 Å². The maximum atomic E-state index is 11.8. The fourth-order valence-electron chi connectivity index (χ4n) is 2.61. The van der Waals surface area contributed by atoms with E-state index in [9.17, 15) is 4.79 Å². The maximum absolute atomic E-state index is 11.8. The number of rotatable bonds is 5. The van der Waals surface area contributed by atoms with Crippen LogP contribution in [0.25, 0.3) is 0 Å². The number of carbonyl (C=O) groups excluding carboxylic acids is 1. The lowest BCUT2D eigenvalue weighted by atomic mass is 10.1. The number of nitrogens with zero attached hydrogens (tertiary/aromatic N) is 1. The van der Waals surface area contributed by atoms with Gasteiger partial charge in [-0.3, -0.25) is 9.63 Å². The van der Waals surface area contributed by atoms with Crippen molar-refractivity contribution >= 4 is 5.91 Å². The van der Waals surface area contributed by atoms with E-state index in [0.29, 0.717) is 13.2 Å². The summed E-state index contributed by atoms with van der Waals surface area (Å²) in [7, 11) is 0. The molecule has 0 saturated carbocycles. The van der Waals surface area contributed by atoms with Gasteiger partial charge in [0, 0.05) is 6.54 Å². The van der Waals surface area contributed by atoms with Crippen LogP contribution in [0.2, 0.25) is 0 Å². The predicted octanol–water partition coefficient (Wildman–Crippen LogP) is 1.95. The first-order chi connectivity index (χ1) is 9.10. The van der Waals surface area contributed by atoms with Gasteiger partial charge in [0.2, 0.25) is 5.91 Å². The number of hydroxylamine groups is 2. The third kappa shape index (κ3) is 3.55. The fraction of sp³-hybridized carbons (Fsp3) is 0.533. The van der Waals surface area contributed by atoms with Crippen LogP contribution in [-0.4, -0.2) is 30.2 Å². The van der Waals surface area contributed by atoms with Crippen molar-refractivity contribution in [2.75, 3.05) is 13.2 Å². The first kappa shape index (κ1) is 14.0. The molecule has 1 heterocycles. The molecule has 104 valence electrons. The SMILES string of the molecule is CCON(Cc1cc(C)cc(C)c1)C1CCNC1=O. The molecule has 1 aliphatic rings. The van der Waals surface area contributed by atoms with Crippen LogP contribution in [0.15, 0.2) is 18.2 Å². The molecule has 1 atom stereocenters. The zero-order chi connectivity index (χ0) is 13.8. The van der Waals surface area contributed by atoms with Crippen LogP contribution in [0, 0.1) is 13.8 Å². The van der Waals surface area contributed by atoms with Crippen molar-refractivity contribution < 1.29 is 9.63 Å². The summed E-state index contributed by atoms with van der Waals surface area (Å²) in [6, 6.07) is 6.27. The van der Waals surface area contributed by atoms with E-state index < -0.39 is 0 Å². The number of nitrogens with one attached hydrogen (secondary N) is 1. The molecule has 1 saturated heterocycles. The van der Waals surface area contributed by atoms with E-state index in [-0.39, 0.29) is 11.9 Å². The van der Waals surface area contributed by atoms with Gasteiger partial charge in [0.1, 0.15) is 6.04 Å². The lowest BCUT2D eigenvalue weighted by Gasteiger charge is -2.25. The number of carbonyl (C=O) groups is 1. The Morgan fingerprint density at radius 3 is 2.53 bits per heavy atom. The van der Waals surface area contributed by atoms with Crippen LogP contribution in [0.5, 0.6) is 0 Å². The highest BCUT2D eigenvalue weighted by Gasteiger charge is 2.31. The minimum atomic E-state index is -0.166. The Bertz CT molecular complexity index is 439. The highest BCUT2D eigenvalue weighted by atomic mass is 16.7. The number of aryl methyl sites for hydroxylation is 2. The molecule has 1 aliphatic heterocycles. The molecule has 0 radical (unpaired) electrons. The molecule has 19 heavy (non-hydrogen) atoms. The average molecular weight is 262 g/mol. The third-order valence-electron chi connectivity index (χ3n) is 3.28. The van der Waals surface area contributed by atoms with E-state index in [1.54, 1.807) is 0 Å². The molecular weight excluding hydrogens is 240 g/mol. The van der Waals surface area contributed by atoms with Crippen molar-refractivity contribution in [1.82, 2.24) is 10.4 Å². The molecule has 0 aromatic heterocycles. The number of benzene rings is 1. The van der Waals surface area contributed by atoms with Crippen LogP contribution in [0.3, 0.4) is 0 Å². The van der Waals surface area contributed by atoms with E-state index >= 15 is 0 Å². The van der Waals surface area contributed by atoms with Gasteiger partial charge < -0.3 is 5.32 Å². The zero-order valence-electron chi connectivity index (χ0n) is 11.9. The molecule has 0 bridgehead atoms. The Kier molecular flexibility index (Phi) is 4.56. The second kappa shape index (κ2) is 6.17. The minimum Gasteiger partial charge on any atom is -0.355 e. The predicted molar refractivity (Wildman–Crippen MR) is 74.5 cm³/mol. The lowest BCUT2D eigenvalue weighted by molar-refractivity contribution is -0.190. The van der Waals surface area contributed by atoms with Gasteiger partial charge in [-0.2, -0.15) is 5.06 Å². The van der Waals surface area contributed by atoms with Gasteiger partial charge in [0.15, 0.2) is 0 Å². The zero-order valence-corrected chi connectivity index (χ0v) is 11.9. The summed E-state index contributed by atoms with van der Waals surface area (Å²) in [6.07, 6.45) is 0.809. The molecule has 1 aromatic rings. The van der Waals surface area contributed by atoms with Gasteiger partial charge in [-0.15, -0.1) is 0 Å². The largest absolute Gasteiger partial charge is 0.355 e. The number of hydrogen-bond donors (Lipinski definition) is 1. The number of hydrogen-bond acceptors (Lipinski definition) is 3. The second-order valence-corrected chi connectivity index (χ2v) is 5.08. The van der Waals surface area contributed by atoms with Crippen LogP contribution in [0.1, 0.15) is 30.0 Å². The monoisotopic (exact) mass is 262 g/mol. The topological polar surface area (TPSA) is 41.6 Å². The molecule has 4 nitrogen and oxygen atoms in total. The lowest BCUT2D eigenvalue weighted by Crippen LogP contribution is -2.40. The molecular formula is C15H22N2O2. The molecule has 2 rings (SSSR count). The van der Waals surface area contributed by atoms with Crippen molar-refractivity contribution in [3.63, 3.8) is 0 Å². The molecule has 1 fully saturated rings. The van der Waals surface area contributed by atoms with Crippen molar-refractivity contribution in [3.8, 4) is 0 Å². The highest BCUT2D eigenvalue weighted by molar-refractivity contribution is 5.83. The van der Waals surface area contributed by atoms with Crippen molar-refractivity contribution in [2.24, 2.45) is 0 Å². The minimum absolute atomic E-state index is 0.0674. The Hall–Kier alpha value is -1.39. The van der Waals surface area contributed by atoms with Crippen LogP contribution < -0.4 is 5.32 Å². The second-order valence-electron chi connectivity index (χ2n) is 5.08. The first-order valence-electron chi connectivity index (χ1n) is 6.84. The van der Waals surface area contributed by atoms with Gasteiger partial charge >= 0.3 is 0 Å². The van der Waals surface area contributed by atoms with Gasteiger partial charge in [-0.25, -0.2) is 0 Å². The van der Waals surface area contributed by atoms with E-state index in [1.807, 2.05) is 12.0 Å². The Labute approximate surface area is 114 Å². The summed E-state index contributed by atoms with van der Waals surface area (Å²) in [4.78, 5) is 17.4. The van der Waals surface area contributed by atoms with E-state index in [4.69, 9.17) is 4.84 Å². The molecule has 0 spiro atoms. The Balaban J connectivity index is 2.13. The summed E-state index contributed by atoms with van der Waals surface area (Å²) >= 11 is 0. The Morgan fingerprint density at radius 2 is 2.00 bits per heavy atom. The van der Waals surface area contributed by atoms with Gasteiger partial charge in [-0.05, 0) is 32.8 Å². The van der Waals surface area contributed by atoms with Gasteiger partial charge in [-0.1, -0.05) is 29.3 Å².